The molecule has 0 radical (unpaired) electrons. The van der Waals surface area contributed by atoms with Gasteiger partial charge < -0.3 is 10.6 Å². The van der Waals surface area contributed by atoms with Gasteiger partial charge in [-0.1, -0.05) is 0 Å². The fourth-order valence-corrected chi connectivity index (χ4v) is 2.36. The first-order chi connectivity index (χ1) is 8.90. The molecular weight excluding hydrogens is 230 g/mol. The summed E-state index contributed by atoms with van der Waals surface area (Å²) in [5.74, 6) is 1.77. The molecule has 4 rings (SSSR count). The van der Waals surface area contributed by atoms with Gasteiger partial charge in [0.05, 0.1) is 0 Å². The van der Waals surface area contributed by atoms with Crippen LogP contribution in [0.2, 0.25) is 0 Å². The minimum atomic E-state index is 0.0230. The maximum atomic E-state index is 4.24. The lowest BCUT2D eigenvalue weighted by molar-refractivity contribution is 0.195. The van der Waals surface area contributed by atoms with Gasteiger partial charge in [0.25, 0.3) is 0 Å². The molecule has 4 heterocycles. The SMILES string of the molecule is c1ncc2c(n1)NC1Nc3ncncc3CN1C2. The zero-order valence-electron chi connectivity index (χ0n) is 9.54. The van der Waals surface area contributed by atoms with Crippen LogP contribution in [-0.4, -0.2) is 31.1 Å². The van der Waals surface area contributed by atoms with Crippen molar-refractivity contribution in [1.29, 1.82) is 0 Å². The molecule has 0 spiro atoms. The van der Waals surface area contributed by atoms with Crippen LogP contribution in [0.25, 0.3) is 0 Å². The molecule has 0 saturated heterocycles. The van der Waals surface area contributed by atoms with Crippen molar-refractivity contribution in [3.63, 3.8) is 0 Å². The van der Waals surface area contributed by atoms with E-state index in [1.54, 1.807) is 12.7 Å². The lowest BCUT2D eigenvalue weighted by Crippen LogP contribution is -2.51. The summed E-state index contributed by atoms with van der Waals surface area (Å²) >= 11 is 0. The third-order valence-electron chi connectivity index (χ3n) is 3.23. The van der Waals surface area contributed by atoms with Crippen LogP contribution in [-0.2, 0) is 13.1 Å². The average molecular weight is 241 g/mol. The molecule has 2 aliphatic heterocycles. The number of nitrogens with zero attached hydrogens (tertiary/aromatic N) is 5. The quantitative estimate of drug-likeness (QED) is 0.691. The van der Waals surface area contributed by atoms with Crippen LogP contribution in [0, 0.1) is 0 Å². The highest BCUT2D eigenvalue weighted by Gasteiger charge is 2.31. The fraction of sp³-hybridized carbons (Fsp3) is 0.273. The van der Waals surface area contributed by atoms with Crippen LogP contribution < -0.4 is 10.6 Å². The van der Waals surface area contributed by atoms with Gasteiger partial charge in [0.15, 0.2) is 6.29 Å². The number of fused-ring (bicyclic) bond motifs is 3. The number of anilines is 2. The van der Waals surface area contributed by atoms with Crippen molar-refractivity contribution in [2.45, 2.75) is 19.4 Å². The summed E-state index contributed by atoms with van der Waals surface area (Å²) in [6, 6.07) is 0. The van der Waals surface area contributed by atoms with Crippen LogP contribution in [0.5, 0.6) is 0 Å². The van der Waals surface area contributed by atoms with Gasteiger partial charge in [-0.3, -0.25) is 4.90 Å². The molecular formula is C11H11N7. The molecule has 7 nitrogen and oxygen atoms in total. The molecule has 18 heavy (non-hydrogen) atoms. The number of hydrogen-bond donors (Lipinski definition) is 2. The maximum Gasteiger partial charge on any atom is 0.158 e. The van der Waals surface area contributed by atoms with E-state index in [4.69, 9.17) is 0 Å². The largest absolute Gasteiger partial charge is 0.337 e. The molecule has 0 saturated carbocycles. The second-order valence-corrected chi connectivity index (χ2v) is 4.39. The number of rotatable bonds is 0. The van der Waals surface area contributed by atoms with E-state index in [2.05, 4.69) is 35.5 Å². The maximum absolute atomic E-state index is 4.24. The van der Waals surface area contributed by atoms with Crippen LogP contribution in [0.3, 0.4) is 0 Å². The highest BCUT2D eigenvalue weighted by molar-refractivity contribution is 5.52. The Morgan fingerprint density at radius 1 is 0.944 bits per heavy atom. The van der Waals surface area contributed by atoms with Crippen molar-refractivity contribution < 1.29 is 0 Å². The van der Waals surface area contributed by atoms with Gasteiger partial charge in [-0.05, 0) is 0 Å². The standard InChI is InChI=1S/C11H11N7/c1-7-3-18-4-8-2-13-6-15-10(8)17-11(18)16-9(7)14-5-12-1/h1-2,5-6,11H,3-4H2,(H,12,14,16)(H,13,15,17). The molecule has 2 N–H and O–H groups in total. The zero-order valence-corrected chi connectivity index (χ0v) is 9.54. The Bertz CT molecular complexity index is 496. The summed E-state index contributed by atoms with van der Waals surface area (Å²) in [7, 11) is 0. The first-order valence-electron chi connectivity index (χ1n) is 5.75. The molecule has 7 heteroatoms. The van der Waals surface area contributed by atoms with Crippen molar-refractivity contribution in [1.82, 2.24) is 24.8 Å². The summed E-state index contributed by atoms with van der Waals surface area (Å²) < 4.78 is 0. The third kappa shape index (κ3) is 1.41. The molecule has 0 aliphatic carbocycles. The Morgan fingerprint density at radius 2 is 1.50 bits per heavy atom. The zero-order chi connectivity index (χ0) is 11.9. The minimum Gasteiger partial charge on any atom is -0.337 e. The van der Waals surface area contributed by atoms with Crippen LogP contribution in [0.4, 0.5) is 11.6 Å². The molecule has 2 aliphatic rings. The van der Waals surface area contributed by atoms with Crippen LogP contribution >= 0.6 is 0 Å². The normalized spacial score (nSPS) is 18.0. The Balaban J connectivity index is 1.70. The smallest absolute Gasteiger partial charge is 0.158 e. The van der Waals surface area contributed by atoms with Crippen molar-refractivity contribution in [2.24, 2.45) is 0 Å². The van der Waals surface area contributed by atoms with E-state index in [1.807, 2.05) is 12.4 Å². The van der Waals surface area contributed by atoms with Gasteiger partial charge >= 0.3 is 0 Å². The van der Waals surface area contributed by atoms with Crippen molar-refractivity contribution >= 4 is 11.6 Å². The third-order valence-corrected chi connectivity index (χ3v) is 3.23. The Labute approximate surface area is 103 Å². The van der Waals surface area contributed by atoms with E-state index < -0.39 is 0 Å². The Morgan fingerprint density at radius 3 is 2.06 bits per heavy atom. The average Bonchev–Trinajstić information content (AvgIpc) is 2.42. The number of nitrogens with one attached hydrogen (secondary N) is 2. The Hall–Kier alpha value is -2.28. The summed E-state index contributed by atoms with van der Waals surface area (Å²) in [4.78, 5) is 18.9. The molecule has 90 valence electrons. The van der Waals surface area contributed by atoms with Crippen molar-refractivity contribution in [3.05, 3.63) is 36.2 Å². The molecule has 0 fully saturated rings. The summed E-state index contributed by atoms with van der Waals surface area (Å²) in [6.07, 6.45) is 6.83. The van der Waals surface area contributed by atoms with Gasteiger partial charge in [-0.25, -0.2) is 19.9 Å². The predicted octanol–water partition coefficient (Wildman–Crippen LogP) is 0.403. The minimum absolute atomic E-state index is 0.0230. The second kappa shape index (κ2) is 3.61. The monoisotopic (exact) mass is 241 g/mol. The van der Waals surface area contributed by atoms with Crippen molar-refractivity contribution in [2.75, 3.05) is 10.6 Å². The van der Waals surface area contributed by atoms with E-state index >= 15 is 0 Å². The molecule has 2 aromatic rings. The molecule has 0 aromatic carbocycles. The number of aromatic nitrogens is 4. The topological polar surface area (TPSA) is 78.9 Å². The molecule has 2 aromatic heterocycles. The first-order valence-corrected chi connectivity index (χ1v) is 5.75. The van der Waals surface area contributed by atoms with Gasteiger partial charge in [0, 0.05) is 36.6 Å². The van der Waals surface area contributed by atoms with Gasteiger partial charge in [-0.2, -0.15) is 0 Å². The lowest BCUT2D eigenvalue weighted by atomic mass is 10.1. The predicted molar refractivity (Wildman–Crippen MR) is 64.3 cm³/mol. The van der Waals surface area contributed by atoms with E-state index in [1.165, 1.54) is 0 Å². The molecule has 0 bridgehead atoms. The van der Waals surface area contributed by atoms with Crippen molar-refractivity contribution in [3.8, 4) is 0 Å². The molecule has 0 amide bonds. The van der Waals surface area contributed by atoms with Crippen LogP contribution in [0.15, 0.2) is 25.0 Å². The van der Waals surface area contributed by atoms with Gasteiger partial charge in [0.1, 0.15) is 24.3 Å². The van der Waals surface area contributed by atoms with Gasteiger partial charge in [-0.15, -0.1) is 0 Å². The first kappa shape index (κ1) is 9.72. The van der Waals surface area contributed by atoms with Gasteiger partial charge in [0.2, 0.25) is 0 Å². The van der Waals surface area contributed by atoms with E-state index in [-0.39, 0.29) is 6.29 Å². The summed E-state index contributed by atoms with van der Waals surface area (Å²) in [5, 5.41) is 6.69. The van der Waals surface area contributed by atoms with E-state index in [0.717, 1.165) is 35.9 Å². The molecule has 0 unspecified atom stereocenters. The lowest BCUT2D eigenvalue weighted by Gasteiger charge is -2.41. The van der Waals surface area contributed by atoms with E-state index in [9.17, 15) is 0 Å². The summed E-state index contributed by atoms with van der Waals surface area (Å²) in [5.41, 5.74) is 2.21. The Kier molecular flexibility index (Phi) is 1.95. The highest BCUT2D eigenvalue weighted by atomic mass is 15.4. The highest BCUT2D eigenvalue weighted by Crippen LogP contribution is 2.29. The van der Waals surface area contributed by atoms with Crippen LogP contribution in [0.1, 0.15) is 11.1 Å². The van der Waals surface area contributed by atoms with E-state index in [0.29, 0.717) is 0 Å². The molecule has 0 atom stereocenters. The summed E-state index contributed by atoms with van der Waals surface area (Å²) in [6.45, 7) is 1.63. The second-order valence-electron chi connectivity index (χ2n) is 4.39. The number of hydrogen-bond acceptors (Lipinski definition) is 7. The fourth-order valence-electron chi connectivity index (χ4n) is 2.36.